The van der Waals surface area contributed by atoms with Gasteiger partial charge in [0.1, 0.15) is 11.9 Å². The van der Waals surface area contributed by atoms with Crippen LogP contribution in [-0.4, -0.2) is 14.3 Å². The largest absolute Gasteiger partial charge is 0.275 e. The molecule has 1 aromatic carbocycles. The van der Waals surface area contributed by atoms with Crippen LogP contribution >= 0.6 is 0 Å². The Bertz CT molecular complexity index is 647. The molecule has 0 aliphatic heterocycles. The second kappa shape index (κ2) is 4.12. The lowest BCUT2D eigenvalue weighted by atomic mass is 10.1. The molecule has 10 heteroatoms. The molecule has 4 nitrogen and oxygen atoms in total. The Kier molecular flexibility index (Phi) is 3.07. The van der Waals surface area contributed by atoms with Crippen LogP contribution in [0, 0.1) is 17.5 Å². The van der Waals surface area contributed by atoms with Gasteiger partial charge < -0.3 is 0 Å². The third kappa shape index (κ3) is 2.42. The smallest absolute Gasteiger partial charge is 0.216 e. The van der Waals surface area contributed by atoms with E-state index in [1.165, 1.54) is 4.72 Å². The maximum atomic E-state index is 13.6. The van der Waals surface area contributed by atoms with E-state index in [9.17, 15) is 30.4 Å². The van der Waals surface area contributed by atoms with Gasteiger partial charge >= 0.3 is 0 Å². The van der Waals surface area contributed by atoms with Crippen LogP contribution in [0.25, 0.3) is 0 Å². The highest BCUT2D eigenvalue weighted by Crippen LogP contribution is 2.45. The van der Waals surface area contributed by atoms with E-state index in [-0.39, 0.29) is 6.07 Å². The van der Waals surface area contributed by atoms with Gasteiger partial charge in [-0.3, -0.25) is 0 Å². The zero-order chi connectivity index (χ0) is 14.6. The van der Waals surface area contributed by atoms with Crippen molar-refractivity contribution in [3.63, 3.8) is 0 Å². The Morgan fingerprint density at radius 2 is 1.84 bits per heavy atom. The number of nitrogens with one attached hydrogen (secondary N) is 1. The van der Waals surface area contributed by atoms with Crippen molar-refractivity contribution in [1.82, 2.24) is 4.72 Å². The third-order valence-electron chi connectivity index (χ3n) is 2.72. The van der Waals surface area contributed by atoms with E-state index in [2.05, 4.69) is 5.14 Å². The fourth-order valence-corrected chi connectivity index (χ4v) is 2.61. The molecule has 0 bridgehead atoms. The van der Waals surface area contributed by atoms with Gasteiger partial charge in [0.25, 0.3) is 16.1 Å². The molecule has 3 N–H and O–H groups in total. The van der Waals surface area contributed by atoms with E-state index < -0.39 is 57.2 Å². The quantitative estimate of drug-likeness (QED) is 0.635. The highest BCUT2D eigenvalue weighted by Gasteiger charge is 2.52. The number of fused-ring (bicyclic) bond motifs is 1. The molecule has 1 aliphatic rings. The minimum absolute atomic E-state index is 0.129. The highest BCUT2D eigenvalue weighted by molar-refractivity contribution is 7.87. The van der Waals surface area contributed by atoms with E-state index in [0.717, 1.165) is 0 Å². The molecule has 1 aliphatic carbocycles. The summed E-state index contributed by atoms with van der Waals surface area (Å²) in [6.07, 6.45) is -1.25. The van der Waals surface area contributed by atoms with Crippen LogP contribution in [0.4, 0.5) is 22.0 Å². The van der Waals surface area contributed by atoms with E-state index in [0.29, 0.717) is 0 Å². The molecule has 0 radical (unpaired) electrons. The van der Waals surface area contributed by atoms with Crippen molar-refractivity contribution in [2.24, 2.45) is 5.14 Å². The number of hydrogen-bond acceptors (Lipinski definition) is 2. The Hall–Kier alpha value is -1.26. The Labute approximate surface area is 104 Å². The normalized spacial score (nSPS) is 21.5. The maximum absolute atomic E-state index is 13.6. The van der Waals surface area contributed by atoms with Gasteiger partial charge in [-0.05, 0) is 0 Å². The zero-order valence-corrected chi connectivity index (χ0v) is 9.87. The zero-order valence-electron chi connectivity index (χ0n) is 9.05. The first-order valence-electron chi connectivity index (χ1n) is 4.87. The van der Waals surface area contributed by atoms with E-state index in [1.54, 1.807) is 0 Å². The van der Waals surface area contributed by atoms with Crippen molar-refractivity contribution in [1.29, 1.82) is 0 Å². The predicted octanol–water partition coefficient (Wildman–Crippen LogP) is 1.13. The molecule has 0 heterocycles. The molecule has 19 heavy (non-hydrogen) atoms. The van der Waals surface area contributed by atoms with Gasteiger partial charge in [-0.2, -0.15) is 13.1 Å². The average Bonchev–Trinajstić information content (AvgIpc) is 2.47. The highest BCUT2D eigenvalue weighted by atomic mass is 32.2. The summed E-state index contributed by atoms with van der Waals surface area (Å²) in [7, 11) is -4.61. The van der Waals surface area contributed by atoms with E-state index >= 15 is 0 Å². The van der Waals surface area contributed by atoms with Gasteiger partial charge in [0.2, 0.25) is 0 Å². The van der Waals surface area contributed by atoms with Gasteiger partial charge in [0.05, 0.1) is 0 Å². The molecule has 0 amide bonds. The molecule has 1 unspecified atom stereocenters. The van der Waals surface area contributed by atoms with Crippen LogP contribution in [-0.2, 0) is 16.6 Å². The Morgan fingerprint density at radius 1 is 1.26 bits per heavy atom. The van der Waals surface area contributed by atoms with E-state index in [1.807, 2.05) is 0 Å². The van der Waals surface area contributed by atoms with Crippen LogP contribution in [0.5, 0.6) is 0 Å². The lowest BCUT2D eigenvalue weighted by Gasteiger charge is -2.20. The summed E-state index contributed by atoms with van der Waals surface area (Å²) in [4.78, 5) is 0. The topological polar surface area (TPSA) is 72.2 Å². The molecule has 0 fully saturated rings. The molecule has 1 atom stereocenters. The molecule has 0 spiro atoms. The number of benzene rings is 1. The Balaban J connectivity index is 2.65. The van der Waals surface area contributed by atoms with Crippen LogP contribution < -0.4 is 9.86 Å². The van der Waals surface area contributed by atoms with E-state index in [4.69, 9.17) is 0 Å². The number of halogens is 5. The number of nitrogens with two attached hydrogens (primary N) is 1. The molecule has 0 aromatic heterocycles. The summed E-state index contributed by atoms with van der Waals surface area (Å²) in [6.45, 7) is 0. The standard InChI is InChI=1S/C9H7F5N2O2S/c10-4-1-5(11)7(12)6-3(4)2-9(13,14)8(6)16-19(15,17)18/h1,8,16H,2H2,(H2,15,17,18). The van der Waals surface area contributed by atoms with Gasteiger partial charge in [0.15, 0.2) is 11.6 Å². The molecule has 0 saturated carbocycles. The van der Waals surface area contributed by atoms with Crippen molar-refractivity contribution >= 4 is 10.2 Å². The molecule has 106 valence electrons. The summed E-state index contributed by atoms with van der Waals surface area (Å²) in [5.74, 6) is -8.60. The van der Waals surface area contributed by atoms with Crippen molar-refractivity contribution in [3.05, 3.63) is 34.6 Å². The van der Waals surface area contributed by atoms with Gasteiger partial charge in [-0.25, -0.2) is 27.1 Å². The molecular formula is C9H7F5N2O2S. The fourth-order valence-electron chi connectivity index (χ4n) is 1.99. The number of hydrogen-bond donors (Lipinski definition) is 2. The summed E-state index contributed by atoms with van der Waals surface area (Å²) >= 11 is 0. The van der Waals surface area contributed by atoms with Crippen LogP contribution in [0.1, 0.15) is 17.2 Å². The lowest BCUT2D eigenvalue weighted by Crippen LogP contribution is -2.41. The first-order valence-corrected chi connectivity index (χ1v) is 6.41. The number of alkyl halides is 2. The van der Waals surface area contributed by atoms with Gasteiger partial charge in [-0.15, -0.1) is 0 Å². The fraction of sp³-hybridized carbons (Fsp3) is 0.333. The second-order valence-corrected chi connectivity index (χ2v) is 5.41. The molecular weight excluding hydrogens is 295 g/mol. The van der Waals surface area contributed by atoms with Crippen LogP contribution in [0.3, 0.4) is 0 Å². The second-order valence-electron chi connectivity index (χ2n) is 4.08. The van der Waals surface area contributed by atoms with Gasteiger partial charge in [0, 0.05) is 23.6 Å². The maximum Gasteiger partial charge on any atom is 0.275 e. The number of rotatable bonds is 2. The van der Waals surface area contributed by atoms with Gasteiger partial charge in [-0.1, -0.05) is 0 Å². The van der Waals surface area contributed by atoms with Crippen molar-refractivity contribution in [2.75, 3.05) is 0 Å². The minimum Gasteiger partial charge on any atom is -0.216 e. The first kappa shape index (κ1) is 14.2. The molecule has 0 saturated heterocycles. The minimum atomic E-state index is -4.61. The molecule has 2 rings (SSSR count). The van der Waals surface area contributed by atoms with Crippen molar-refractivity contribution in [3.8, 4) is 0 Å². The summed E-state index contributed by atoms with van der Waals surface area (Å²) in [5.41, 5.74) is -1.83. The van der Waals surface area contributed by atoms with Crippen LogP contribution in [0.2, 0.25) is 0 Å². The summed E-state index contributed by atoms with van der Waals surface area (Å²) in [6, 6.07) is -2.31. The first-order chi connectivity index (χ1) is 8.53. The summed E-state index contributed by atoms with van der Waals surface area (Å²) in [5, 5.41) is 4.54. The van der Waals surface area contributed by atoms with Crippen molar-refractivity contribution < 1.29 is 30.4 Å². The predicted molar refractivity (Wildman–Crippen MR) is 54.0 cm³/mol. The monoisotopic (exact) mass is 302 g/mol. The Morgan fingerprint density at radius 3 is 2.37 bits per heavy atom. The third-order valence-corrected chi connectivity index (χ3v) is 3.28. The SMILES string of the molecule is NS(=O)(=O)NC1c2c(F)c(F)cc(F)c2CC1(F)F. The molecule has 1 aromatic rings. The van der Waals surface area contributed by atoms with Crippen LogP contribution in [0.15, 0.2) is 6.07 Å². The summed E-state index contributed by atoms with van der Waals surface area (Å²) < 4.78 is 89.9. The van der Waals surface area contributed by atoms with Crippen molar-refractivity contribution in [2.45, 2.75) is 18.4 Å². The lowest BCUT2D eigenvalue weighted by molar-refractivity contribution is -0.0197. The average molecular weight is 302 g/mol.